The van der Waals surface area contributed by atoms with Crippen LogP contribution in [0.5, 0.6) is 5.75 Å². The molecule has 0 aliphatic carbocycles. The summed E-state index contributed by atoms with van der Waals surface area (Å²) < 4.78 is 7.30. The zero-order chi connectivity index (χ0) is 17.6. The van der Waals surface area contributed by atoms with Gasteiger partial charge in [0.25, 0.3) is 5.91 Å². The summed E-state index contributed by atoms with van der Waals surface area (Å²) >= 11 is 0. The minimum Gasteiger partial charge on any atom is -0.484 e. The number of carbonyl (C=O) groups is 2. The summed E-state index contributed by atoms with van der Waals surface area (Å²) in [6.45, 7) is 1.39. The number of benzene rings is 2. The number of hydrogen-bond acceptors (Lipinski definition) is 4. The van der Waals surface area contributed by atoms with Crippen molar-refractivity contribution in [3.8, 4) is 11.4 Å². The van der Waals surface area contributed by atoms with Crippen molar-refractivity contribution in [3.63, 3.8) is 0 Å². The van der Waals surface area contributed by atoms with Crippen molar-refractivity contribution in [2.75, 3.05) is 11.9 Å². The van der Waals surface area contributed by atoms with E-state index in [-0.39, 0.29) is 18.3 Å². The third kappa shape index (κ3) is 4.32. The number of anilines is 1. The van der Waals surface area contributed by atoms with Gasteiger partial charge in [0.15, 0.2) is 12.4 Å². The van der Waals surface area contributed by atoms with Crippen LogP contribution in [-0.4, -0.2) is 27.8 Å². The fraction of sp³-hybridized carbons (Fsp3) is 0.105. The molecule has 0 spiro atoms. The molecule has 3 aromatic rings. The quantitative estimate of drug-likeness (QED) is 0.703. The normalized spacial score (nSPS) is 10.3. The van der Waals surface area contributed by atoms with Gasteiger partial charge in [-0.05, 0) is 55.5 Å². The Bertz CT molecular complexity index is 854. The van der Waals surface area contributed by atoms with Crippen LogP contribution in [-0.2, 0) is 4.79 Å². The van der Waals surface area contributed by atoms with Crippen molar-refractivity contribution >= 4 is 17.4 Å². The lowest BCUT2D eigenvalue weighted by molar-refractivity contribution is -0.118. The van der Waals surface area contributed by atoms with E-state index < -0.39 is 0 Å². The van der Waals surface area contributed by atoms with E-state index in [2.05, 4.69) is 10.3 Å². The first-order chi connectivity index (χ1) is 12.1. The zero-order valence-electron chi connectivity index (χ0n) is 13.7. The molecule has 0 bridgehead atoms. The number of rotatable bonds is 6. The predicted octanol–water partition coefficient (Wildman–Crippen LogP) is 3.09. The van der Waals surface area contributed by atoms with Crippen molar-refractivity contribution in [2.45, 2.75) is 6.92 Å². The van der Waals surface area contributed by atoms with Gasteiger partial charge in [0.05, 0.1) is 6.33 Å². The molecule has 1 aromatic heterocycles. The van der Waals surface area contributed by atoms with Crippen LogP contribution in [0.1, 0.15) is 17.3 Å². The van der Waals surface area contributed by atoms with E-state index in [0.29, 0.717) is 17.0 Å². The van der Waals surface area contributed by atoms with E-state index in [1.54, 1.807) is 36.8 Å². The standard InChI is InChI=1S/C19H17N3O3/c1-14(23)15-2-8-18(9-3-15)25-12-19(24)21-16-4-6-17(7-5-16)22-11-10-20-13-22/h2-11,13H,12H2,1H3,(H,21,24). The summed E-state index contributed by atoms with van der Waals surface area (Å²) in [7, 11) is 0. The highest BCUT2D eigenvalue weighted by Gasteiger charge is 2.05. The van der Waals surface area contributed by atoms with Gasteiger partial charge in [-0.1, -0.05) is 0 Å². The molecule has 1 heterocycles. The molecule has 6 heteroatoms. The van der Waals surface area contributed by atoms with Crippen molar-refractivity contribution in [3.05, 3.63) is 72.8 Å². The molecule has 0 saturated heterocycles. The molecule has 6 nitrogen and oxygen atoms in total. The molecular formula is C19H17N3O3. The summed E-state index contributed by atoms with van der Waals surface area (Å²) in [6.07, 6.45) is 5.26. The number of Topliss-reactive ketones (excluding diaryl/α,β-unsaturated/α-hetero) is 1. The largest absolute Gasteiger partial charge is 0.484 e. The second kappa shape index (κ2) is 7.44. The fourth-order valence-corrected chi connectivity index (χ4v) is 2.26. The third-order valence-corrected chi connectivity index (χ3v) is 3.58. The van der Waals surface area contributed by atoms with Crippen molar-refractivity contribution in [2.24, 2.45) is 0 Å². The average Bonchev–Trinajstić information content (AvgIpc) is 3.15. The number of ether oxygens (including phenoxy) is 1. The second-order valence-corrected chi connectivity index (χ2v) is 5.43. The molecule has 0 aliphatic heterocycles. The lowest BCUT2D eigenvalue weighted by Crippen LogP contribution is -2.20. The number of nitrogens with zero attached hydrogens (tertiary/aromatic N) is 2. The van der Waals surface area contributed by atoms with Crippen LogP contribution in [0.25, 0.3) is 5.69 Å². The molecule has 0 atom stereocenters. The maximum atomic E-state index is 12.0. The zero-order valence-corrected chi connectivity index (χ0v) is 13.7. The first-order valence-corrected chi connectivity index (χ1v) is 7.74. The summed E-state index contributed by atoms with van der Waals surface area (Å²) in [5.41, 5.74) is 2.25. The van der Waals surface area contributed by atoms with Crippen LogP contribution < -0.4 is 10.1 Å². The first-order valence-electron chi connectivity index (χ1n) is 7.74. The van der Waals surface area contributed by atoms with E-state index in [4.69, 9.17) is 4.74 Å². The summed E-state index contributed by atoms with van der Waals surface area (Å²) in [5, 5.41) is 2.77. The van der Waals surface area contributed by atoms with Crippen LogP contribution in [0.2, 0.25) is 0 Å². The lowest BCUT2D eigenvalue weighted by Gasteiger charge is -2.09. The predicted molar refractivity (Wildman–Crippen MR) is 94.1 cm³/mol. The first kappa shape index (κ1) is 16.4. The van der Waals surface area contributed by atoms with Gasteiger partial charge >= 0.3 is 0 Å². The SMILES string of the molecule is CC(=O)c1ccc(OCC(=O)Nc2ccc(-n3ccnc3)cc2)cc1. The minimum absolute atomic E-state index is 0.0107. The highest BCUT2D eigenvalue weighted by Crippen LogP contribution is 2.14. The Morgan fingerprint density at radius 2 is 1.80 bits per heavy atom. The molecular weight excluding hydrogens is 318 g/mol. The van der Waals surface area contributed by atoms with Gasteiger partial charge in [-0.3, -0.25) is 9.59 Å². The Morgan fingerprint density at radius 1 is 1.08 bits per heavy atom. The number of hydrogen-bond donors (Lipinski definition) is 1. The number of nitrogens with one attached hydrogen (secondary N) is 1. The smallest absolute Gasteiger partial charge is 0.262 e. The molecule has 1 N–H and O–H groups in total. The van der Waals surface area contributed by atoms with Gasteiger partial charge in [-0.25, -0.2) is 4.98 Å². The number of amides is 1. The second-order valence-electron chi connectivity index (χ2n) is 5.43. The van der Waals surface area contributed by atoms with Crippen LogP contribution >= 0.6 is 0 Å². The lowest BCUT2D eigenvalue weighted by atomic mass is 10.1. The van der Waals surface area contributed by atoms with Crippen molar-refractivity contribution in [1.82, 2.24) is 9.55 Å². The Morgan fingerprint density at radius 3 is 2.40 bits per heavy atom. The third-order valence-electron chi connectivity index (χ3n) is 3.58. The van der Waals surface area contributed by atoms with Gasteiger partial charge in [-0.2, -0.15) is 0 Å². The van der Waals surface area contributed by atoms with E-state index in [0.717, 1.165) is 5.69 Å². The Labute approximate surface area is 145 Å². The average molecular weight is 335 g/mol. The number of aromatic nitrogens is 2. The molecule has 25 heavy (non-hydrogen) atoms. The van der Waals surface area contributed by atoms with E-state index >= 15 is 0 Å². The summed E-state index contributed by atoms with van der Waals surface area (Å²) in [5.74, 6) is 0.269. The number of imidazole rings is 1. The molecule has 0 saturated carbocycles. The molecule has 2 aromatic carbocycles. The molecule has 0 aliphatic rings. The van der Waals surface area contributed by atoms with E-state index in [1.165, 1.54) is 6.92 Å². The Balaban J connectivity index is 1.53. The van der Waals surface area contributed by atoms with Crippen LogP contribution in [0.15, 0.2) is 67.3 Å². The van der Waals surface area contributed by atoms with E-state index in [1.807, 2.05) is 35.0 Å². The maximum Gasteiger partial charge on any atom is 0.262 e. The number of carbonyl (C=O) groups excluding carboxylic acids is 2. The van der Waals surface area contributed by atoms with Gasteiger partial charge in [-0.15, -0.1) is 0 Å². The van der Waals surface area contributed by atoms with Crippen molar-refractivity contribution < 1.29 is 14.3 Å². The summed E-state index contributed by atoms with van der Waals surface area (Å²) in [4.78, 5) is 27.2. The van der Waals surface area contributed by atoms with Gasteiger partial charge in [0.2, 0.25) is 0 Å². The van der Waals surface area contributed by atoms with Crippen LogP contribution in [0.4, 0.5) is 5.69 Å². The van der Waals surface area contributed by atoms with Crippen LogP contribution in [0.3, 0.4) is 0 Å². The Hall–Kier alpha value is -3.41. The van der Waals surface area contributed by atoms with Crippen molar-refractivity contribution in [1.29, 1.82) is 0 Å². The monoisotopic (exact) mass is 335 g/mol. The minimum atomic E-state index is -0.258. The molecule has 0 fully saturated rings. The van der Waals surface area contributed by atoms with E-state index in [9.17, 15) is 9.59 Å². The van der Waals surface area contributed by atoms with Gasteiger partial charge in [0.1, 0.15) is 5.75 Å². The fourth-order valence-electron chi connectivity index (χ4n) is 2.26. The molecule has 3 rings (SSSR count). The number of ketones is 1. The molecule has 1 amide bonds. The van der Waals surface area contributed by atoms with Gasteiger partial charge in [0, 0.05) is 29.3 Å². The van der Waals surface area contributed by atoms with Crippen LogP contribution in [0, 0.1) is 0 Å². The highest BCUT2D eigenvalue weighted by atomic mass is 16.5. The molecule has 0 radical (unpaired) electrons. The topological polar surface area (TPSA) is 73.2 Å². The molecule has 0 unspecified atom stereocenters. The summed E-state index contributed by atoms with van der Waals surface area (Å²) in [6, 6.07) is 14.1. The maximum absolute atomic E-state index is 12.0. The Kier molecular flexibility index (Phi) is 4.89. The highest BCUT2D eigenvalue weighted by molar-refractivity contribution is 5.94. The molecule has 126 valence electrons. The van der Waals surface area contributed by atoms with Gasteiger partial charge < -0.3 is 14.6 Å².